The third-order valence-corrected chi connectivity index (χ3v) is 3.17. The summed E-state index contributed by atoms with van der Waals surface area (Å²) in [5.41, 5.74) is 3.24. The summed E-state index contributed by atoms with van der Waals surface area (Å²) in [4.78, 5) is 13.4. The molecule has 0 atom stereocenters. The topological polar surface area (TPSA) is 41.6 Å². The average Bonchev–Trinajstić information content (AvgIpc) is 2.34. The van der Waals surface area contributed by atoms with Gasteiger partial charge in [0, 0.05) is 38.8 Å². The van der Waals surface area contributed by atoms with Gasteiger partial charge in [0.05, 0.1) is 0 Å². The van der Waals surface area contributed by atoms with E-state index in [-0.39, 0.29) is 5.97 Å². The number of rotatable bonds is 2. The highest BCUT2D eigenvalue weighted by atomic mass is 16.5. The SMILES string of the molecule is CC(=O)Oc1c(C)cc(N2CCNCC2)cc1C. The minimum absolute atomic E-state index is 0.267. The Bertz CT molecular complexity index is 428. The molecule has 0 spiro atoms. The second-order valence-electron chi connectivity index (χ2n) is 4.74. The Hall–Kier alpha value is -1.55. The summed E-state index contributed by atoms with van der Waals surface area (Å²) in [5, 5.41) is 3.34. The Labute approximate surface area is 108 Å². The first-order valence-corrected chi connectivity index (χ1v) is 6.33. The number of benzene rings is 1. The lowest BCUT2D eigenvalue weighted by Crippen LogP contribution is -2.43. The number of piperazine rings is 1. The summed E-state index contributed by atoms with van der Waals surface area (Å²) in [6.45, 7) is 9.47. The summed E-state index contributed by atoms with van der Waals surface area (Å²) in [6, 6.07) is 4.19. The first-order chi connectivity index (χ1) is 8.58. The molecule has 4 heteroatoms. The Morgan fingerprint density at radius 3 is 2.28 bits per heavy atom. The molecule has 1 aromatic rings. The normalized spacial score (nSPS) is 15.6. The number of aryl methyl sites for hydroxylation is 2. The predicted octanol–water partition coefficient (Wildman–Crippen LogP) is 1.64. The van der Waals surface area contributed by atoms with Crippen LogP contribution in [0.5, 0.6) is 5.75 Å². The van der Waals surface area contributed by atoms with Crippen LogP contribution in [0.3, 0.4) is 0 Å². The maximum atomic E-state index is 11.1. The number of esters is 1. The molecule has 0 aliphatic carbocycles. The van der Waals surface area contributed by atoms with Crippen molar-refractivity contribution >= 4 is 11.7 Å². The molecule has 0 radical (unpaired) electrons. The third-order valence-electron chi connectivity index (χ3n) is 3.17. The minimum atomic E-state index is -0.267. The first-order valence-electron chi connectivity index (χ1n) is 6.33. The van der Waals surface area contributed by atoms with Crippen LogP contribution in [0.2, 0.25) is 0 Å². The zero-order valence-corrected chi connectivity index (χ0v) is 11.2. The molecule has 0 unspecified atom stereocenters. The molecule has 1 aliphatic heterocycles. The highest BCUT2D eigenvalue weighted by molar-refractivity contribution is 5.71. The van der Waals surface area contributed by atoms with Gasteiger partial charge < -0.3 is 15.0 Å². The van der Waals surface area contributed by atoms with Crippen molar-refractivity contribution in [1.82, 2.24) is 5.32 Å². The number of anilines is 1. The molecular weight excluding hydrogens is 228 g/mol. The van der Waals surface area contributed by atoms with Crippen LogP contribution in [0.1, 0.15) is 18.1 Å². The van der Waals surface area contributed by atoms with Gasteiger partial charge in [0.1, 0.15) is 5.75 Å². The molecule has 4 nitrogen and oxygen atoms in total. The second kappa shape index (κ2) is 5.40. The first kappa shape index (κ1) is 12.9. The smallest absolute Gasteiger partial charge is 0.308 e. The minimum Gasteiger partial charge on any atom is -0.426 e. The van der Waals surface area contributed by atoms with Gasteiger partial charge in [-0.25, -0.2) is 0 Å². The lowest BCUT2D eigenvalue weighted by molar-refractivity contribution is -0.131. The molecule has 0 saturated carbocycles. The van der Waals surface area contributed by atoms with Gasteiger partial charge in [0.25, 0.3) is 0 Å². The molecule has 1 N–H and O–H groups in total. The van der Waals surface area contributed by atoms with Crippen molar-refractivity contribution in [1.29, 1.82) is 0 Å². The van der Waals surface area contributed by atoms with Crippen LogP contribution in [0.15, 0.2) is 12.1 Å². The molecule has 1 aromatic carbocycles. The van der Waals surface area contributed by atoms with E-state index in [1.54, 1.807) is 0 Å². The van der Waals surface area contributed by atoms with Crippen molar-refractivity contribution < 1.29 is 9.53 Å². The van der Waals surface area contributed by atoms with Crippen LogP contribution in [0.4, 0.5) is 5.69 Å². The predicted molar refractivity (Wildman–Crippen MR) is 72.3 cm³/mol. The fraction of sp³-hybridized carbons (Fsp3) is 0.500. The summed E-state index contributed by atoms with van der Waals surface area (Å²) in [7, 11) is 0. The summed E-state index contributed by atoms with van der Waals surface area (Å²) in [5.74, 6) is 0.428. The van der Waals surface area contributed by atoms with E-state index in [0.717, 1.165) is 37.3 Å². The fourth-order valence-corrected chi connectivity index (χ4v) is 2.34. The molecule has 1 heterocycles. The van der Waals surface area contributed by atoms with Gasteiger partial charge in [-0.2, -0.15) is 0 Å². The van der Waals surface area contributed by atoms with E-state index >= 15 is 0 Å². The standard InChI is InChI=1S/C14H20N2O2/c1-10-8-13(16-6-4-15-5-7-16)9-11(2)14(10)18-12(3)17/h8-9,15H,4-7H2,1-3H3. The van der Waals surface area contributed by atoms with Gasteiger partial charge in [-0.05, 0) is 37.1 Å². The van der Waals surface area contributed by atoms with Crippen molar-refractivity contribution in [2.75, 3.05) is 31.1 Å². The fourth-order valence-electron chi connectivity index (χ4n) is 2.34. The summed E-state index contributed by atoms with van der Waals surface area (Å²) >= 11 is 0. The Morgan fingerprint density at radius 1 is 1.22 bits per heavy atom. The lowest BCUT2D eigenvalue weighted by atomic mass is 10.1. The maximum Gasteiger partial charge on any atom is 0.308 e. The van der Waals surface area contributed by atoms with E-state index in [9.17, 15) is 4.79 Å². The van der Waals surface area contributed by atoms with Crippen molar-refractivity contribution in [3.05, 3.63) is 23.3 Å². The number of nitrogens with zero attached hydrogens (tertiary/aromatic N) is 1. The molecular formula is C14H20N2O2. The number of carbonyl (C=O) groups is 1. The van der Waals surface area contributed by atoms with Crippen LogP contribution in [0, 0.1) is 13.8 Å². The highest BCUT2D eigenvalue weighted by Crippen LogP contribution is 2.29. The molecule has 2 rings (SSSR count). The van der Waals surface area contributed by atoms with E-state index in [1.807, 2.05) is 13.8 Å². The summed E-state index contributed by atoms with van der Waals surface area (Å²) < 4.78 is 5.25. The number of carbonyl (C=O) groups excluding carboxylic acids is 1. The van der Waals surface area contributed by atoms with Crippen LogP contribution in [-0.2, 0) is 4.79 Å². The van der Waals surface area contributed by atoms with Gasteiger partial charge in [-0.1, -0.05) is 0 Å². The number of hydrogen-bond donors (Lipinski definition) is 1. The van der Waals surface area contributed by atoms with Crippen molar-refractivity contribution in [3.63, 3.8) is 0 Å². The van der Waals surface area contributed by atoms with Crippen LogP contribution < -0.4 is 15.0 Å². The number of ether oxygens (including phenoxy) is 1. The van der Waals surface area contributed by atoms with Crippen LogP contribution in [0.25, 0.3) is 0 Å². The molecule has 1 aliphatic rings. The Morgan fingerprint density at radius 2 is 1.78 bits per heavy atom. The van der Waals surface area contributed by atoms with Crippen LogP contribution >= 0.6 is 0 Å². The largest absolute Gasteiger partial charge is 0.426 e. The third kappa shape index (κ3) is 2.82. The number of nitrogens with one attached hydrogen (secondary N) is 1. The van der Waals surface area contributed by atoms with E-state index in [2.05, 4.69) is 22.3 Å². The zero-order valence-electron chi connectivity index (χ0n) is 11.2. The van der Waals surface area contributed by atoms with Gasteiger partial charge >= 0.3 is 5.97 Å². The molecule has 0 bridgehead atoms. The van der Waals surface area contributed by atoms with E-state index in [1.165, 1.54) is 12.6 Å². The van der Waals surface area contributed by atoms with Crippen molar-refractivity contribution in [2.24, 2.45) is 0 Å². The highest BCUT2D eigenvalue weighted by Gasteiger charge is 2.14. The van der Waals surface area contributed by atoms with Crippen molar-refractivity contribution in [3.8, 4) is 5.75 Å². The zero-order chi connectivity index (χ0) is 13.1. The van der Waals surface area contributed by atoms with Gasteiger partial charge in [-0.15, -0.1) is 0 Å². The Balaban J connectivity index is 2.26. The molecule has 1 fully saturated rings. The molecule has 0 aromatic heterocycles. The molecule has 18 heavy (non-hydrogen) atoms. The molecule has 98 valence electrons. The van der Waals surface area contributed by atoms with Gasteiger partial charge in [-0.3, -0.25) is 4.79 Å². The van der Waals surface area contributed by atoms with Crippen LogP contribution in [-0.4, -0.2) is 32.1 Å². The molecule has 0 amide bonds. The maximum absolute atomic E-state index is 11.1. The van der Waals surface area contributed by atoms with E-state index in [4.69, 9.17) is 4.74 Å². The second-order valence-corrected chi connectivity index (χ2v) is 4.74. The lowest BCUT2D eigenvalue weighted by Gasteiger charge is -2.30. The average molecular weight is 248 g/mol. The van der Waals surface area contributed by atoms with E-state index in [0.29, 0.717) is 5.75 Å². The van der Waals surface area contributed by atoms with Crippen molar-refractivity contribution in [2.45, 2.75) is 20.8 Å². The van der Waals surface area contributed by atoms with E-state index < -0.39 is 0 Å². The number of hydrogen-bond acceptors (Lipinski definition) is 4. The quantitative estimate of drug-likeness (QED) is 0.638. The van der Waals surface area contributed by atoms with Gasteiger partial charge in [0.2, 0.25) is 0 Å². The summed E-state index contributed by atoms with van der Waals surface area (Å²) in [6.07, 6.45) is 0. The van der Waals surface area contributed by atoms with Gasteiger partial charge in [0.15, 0.2) is 0 Å². The monoisotopic (exact) mass is 248 g/mol. The Kier molecular flexibility index (Phi) is 3.87. The molecule has 1 saturated heterocycles.